The van der Waals surface area contributed by atoms with Gasteiger partial charge in [-0.05, 0) is 31.1 Å². The van der Waals surface area contributed by atoms with Crippen LogP contribution in [0.25, 0.3) is 0 Å². The first kappa shape index (κ1) is 5.72. The minimum atomic E-state index is 0.0790. The van der Waals surface area contributed by atoms with Crippen molar-refractivity contribution in [3.05, 3.63) is 0 Å². The van der Waals surface area contributed by atoms with Crippen LogP contribution in [0.5, 0.6) is 0 Å². The van der Waals surface area contributed by atoms with Crippen LogP contribution in [0.2, 0.25) is 0 Å². The molecule has 2 saturated carbocycles. The molecule has 2 rings (SSSR count). The molecule has 0 unspecified atom stereocenters. The van der Waals surface area contributed by atoms with Crippen molar-refractivity contribution in [3.8, 4) is 0 Å². The highest BCUT2D eigenvalue weighted by Gasteiger charge is 2.40. The normalized spacial score (nSPS) is 49.7. The lowest BCUT2D eigenvalue weighted by Crippen LogP contribution is -2.42. The third kappa shape index (κ3) is 0.787. The lowest BCUT2D eigenvalue weighted by molar-refractivity contribution is -0.0556. The van der Waals surface area contributed by atoms with E-state index in [1.807, 2.05) is 0 Å². The molecule has 0 radical (unpaired) electrons. The molecule has 2 aliphatic carbocycles. The van der Waals surface area contributed by atoms with Gasteiger partial charge < -0.3 is 5.11 Å². The molecule has 1 heteroatoms. The fourth-order valence-corrected chi connectivity index (χ4v) is 2.32. The Morgan fingerprint density at radius 1 is 1.11 bits per heavy atom. The van der Waals surface area contributed by atoms with E-state index in [-0.39, 0.29) is 6.10 Å². The summed E-state index contributed by atoms with van der Waals surface area (Å²) in [6.45, 7) is 0. The van der Waals surface area contributed by atoms with Crippen LogP contribution in [0, 0.1) is 11.8 Å². The van der Waals surface area contributed by atoms with Crippen LogP contribution in [-0.4, -0.2) is 11.2 Å². The molecule has 9 heavy (non-hydrogen) atoms. The van der Waals surface area contributed by atoms with Crippen LogP contribution in [0.15, 0.2) is 0 Å². The molecule has 0 bridgehead atoms. The second-order valence-electron chi connectivity index (χ2n) is 3.51. The summed E-state index contributed by atoms with van der Waals surface area (Å²) >= 11 is 0. The number of hydrogen-bond donors (Lipinski definition) is 1. The summed E-state index contributed by atoms with van der Waals surface area (Å²) in [5, 5.41) is 9.24. The molecule has 0 aromatic rings. The van der Waals surface area contributed by atoms with E-state index in [0.717, 1.165) is 12.3 Å². The molecule has 0 heterocycles. The van der Waals surface area contributed by atoms with Crippen molar-refractivity contribution in [1.29, 1.82) is 0 Å². The van der Waals surface area contributed by atoms with Gasteiger partial charge >= 0.3 is 0 Å². The fourth-order valence-electron chi connectivity index (χ4n) is 2.32. The molecular weight excluding hydrogens is 112 g/mol. The molecule has 3 atom stereocenters. The third-order valence-corrected chi connectivity index (χ3v) is 3.01. The van der Waals surface area contributed by atoms with Gasteiger partial charge in [0.1, 0.15) is 0 Å². The minimum Gasteiger partial charge on any atom is -0.393 e. The summed E-state index contributed by atoms with van der Waals surface area (Å²) in [4.78, 5) is 0. The quantitative estimate of drug-likeness (QED) is 0.522. The first-order chi connectivity index (χ1) is 4.38. The topological polar surface area (TPSA) is 20.2 Å². The van der Waals surface area contributed by atoms with Gasteiger partial charge in [0.15, 0.2) is 0 Å². The van der Waals surface area contributed by atoms with Crippen molar-refractivity contribution < 1.29 is 5.11 Å². The Hall–Kier alpha value is -0.0400. The average Bonchev–Trinajstić information content (AvgIpc) is 1.86. The Morgan fingerprint density at radius 2 is 1.89 bits per heavy atom. The van der Waals surface area contributed by atoms with Gasteiger partial charge in [-0.2, -0.15) is 0 Å². The van der Waals surface area contributed by atoms with Crippen LogP contribution in [0.3, 0.4) is 0 Å². The molecule has 2 aliphatic rings. The van der Waals surface area contributed by atoms with Crippen molar-refractivity contribution in [2.75, 3.05) is 0 Å². The minimum absolute atomic E-state index is 0.0790. The van der Waals surface area contributed by atoms with Crippen molar-refractivity contribution in [1.82, 2.24) is 0 Å². The lowest BCUT2D eigenvalue weighted by Gasteiger charge is -2.45. The highest BCUT2D eigenvalue weighted by Crippen LogP contribution is 2.44. The Labute approximate surface area is 56.1 Å². The first-order valence-electron chi connectivity index (χ1n) is 4.06. The maximum Gasteiger partial charge on any atom is 0.0573 e. The third-order valence-electron chi connectivity index (χ3n) is 3.01. The zero-order valence-electron chi connectivity index (χ0n) is 5.71. The predicted molar refractivity (Wildman–Crippen MR) is 36.1 cm³/mol. The van der Waals surface area contributed by atoms with E-state index in [1.165, 1.54) is 25.7 Å². The zero-order valence-corrected chi connectivity index (χ0v) is 5.71. The average molecular weight is 126 g/mol. The van der Waals surface area contributed by atoms with Crippen molar-refractivity contribution in [2.45, 2.75) is 38.2 Å². The zero-order chi connectivity index (χ0) is 6.27. The Balaban J connectivity index is 1.94. The fraction of sp³-hybridized carbons (Fsp3) is 1.00. The van der Waals surface area contributed by atoms with Gasteiger partial charge in [-0.3, -0.25) is 0 Å². The summed E-state index contributed by atoms with van der Waals surface area (Å²) in [5.74, 6) is 1.62. The predicted octanol–water partition coefficient (Wildman–Crippen LogP) is 1.56. The highest BCUT2D eigenvalue weighted by molar-refractivity contribution is 4.91. The summed E-state index contributed by atoms with van der Waals surface area (Å²) in [5.41, 5.74) is 0. The number of fused-ring (bicyclic) bond motifs is 1. The molecule has 0 saturated heterocycles. The number of rotatable bonds is 0. The van der Waals surface area contributed by atoms with Crippen LogP contribution in [0.4, 0.5) is 0 Å². The van der Waals surface area contributed by atoms with Gasteiger partial charge in [-0.25, -0.2) is 0 Å². The maximum absolute atomic E-state index is 9.24. The molecule has 0 aromatic heterocycles. The Bertz CT molecular complexity index is 109. The van der Waals surface area contributed by atoms with Gasteiger partial charge in [0.05, 0.1) is 6.10 Å². The smallest absolute Gasteiger partial charge is 0.0573 e. The van der Waals surface area contributed by atoms with Gasteiger partial charge in [0.25, 0.3) is 0 Å². The molecular formula is C8H14O. The van der Waals surface area contributed by atoms with Crippen molar-refractivity contribution in [3.63, 3.8) is 0 Å². The van der Waals surface area contributed by atoms with Gasteiger partial charge in [-0.1, -0.05) is 12.8 Å². The van der Waals surface area contributed by atoms with E-state index < -0.39 is 0 Å². The molecule has 0 aromatic carbocycles. The van der Waals surface area contributed by atoms with E-state index in [0.29, 0.717) is 5.92 Å². The molecule has 0 spiro atoms. The number of aliphatic hydroxyl groups excluding tert-OH is 1. The molecule has 1 N–H and O–H groups in total. The highest BCUT2D eigenvalue weighted by atomic mass is 16.3. The van der Waals surface area contributed by atoms with E-state index in [1.54, 1.807) is 0 Å². The monoisotopic (exact) mass is 126 g/mol. The molecule has 52 valence electrons. The van der Waals surface area contributed by atoms with Crippen LogP contribution < -0.4 is 0 Å². The van der Waals surface area contributed by atoms with Gasteiger partial charge in [0, 0.05) is 0 Å². The SMILES string of the molecule is O[C@H]1C[C@H]2CCCC[C@@H]21. The molecule has 0 aliphatic heterocycles. The van der Waals surface area contributed by atoms with Gasteiger partial charge in [0.2, 0.25) is 0 Å². The summed E-state index contributed by atoms with van der Waals surface area (Å²) in [6.07, 6.45) is 6.64. The Kier molecular flexibility index (Phi) is 1.26. The molecule has 2 fully saturated rings. The van der Waals surface area contributed by atoms with E-state index in [2.05, 4.69) is 0 Å². The van der Waals surface area contributed by atoms with Crippen LogP contribution in [-0.2, 0) is 0 Å². The Morgan fingerprint density at radius 3 is 2.44 bits per heavy atom. The van der Waals surface area contributed by atoms with E-state index in [4.69, 9.17) is 0 Å². The molecule has 1 nitrogen and oxygen atoms in total. The largest absolute Gasteiger partial charge is 0.393 e. The van der Waals surface area contributed by atoms with Crippen molar-refractivity contribution >= 4 is 0 Å². The number of aliphatic hydroxyl groups is 1. The second kappa shape index (κ2) is 1.98. The maximum atomic E-state index is 9.24. The van der Waals surface area contributed by atoms with E-state index in [9.17, 15) is 5.11 Å². The van der Waals surface area contributed by atoms with Crippen LogP contribution >= 0.6 is 0 Å². The number of hydrogen-bond acceptors (Lipinski definition) is 1. The second-order valence-corrected chi connectivity index (χ2v) is 3.51. The van der Waals surface area contributed by atoms with Crippen LogP contribution in [0.1, 0.15) is 32.1 Å². The standard InChI is InChI=1S/C8H14O/c9-8-5-6-3-1-2-4-7(6)8/h6-9H,1-5H2/t6-,7+,8+/m1/s1. The van der Waals surface area contributed by atoms with E-state index >= 15 is 0 Å². The summed E-state index contributed by atoms with van der Waals surface area (Å²) in [7, 11) is 0. The summed E-state index contributed by atoms with van der Waals surface area (Å²) in [6, 6.07) is 0. The first-order valence-corrected chi connectivity index (χ1v) is 4.06. The van der Waals surface area contributed by atoms with Gasteiger partial charge in [-0.15, -0.1) is 0 Å². The van der Waals surface area contributed by atoms with Crippen molar-refractivity contribution in [2.24, 2.45) is 11.8 Å². The summed E-state index contributed by atoms with van der Waals surface area (Å²) < 4.78 is 0. The molecule has 0 amide bonds. The lowest BCUT2D eigenvalue weighted by atomic mass is 9.64.